The molecule has 0 bridgehead atoms. The van der Waals surface area contributed by atoms with Gasteiger partial charge in [0.1, 0.15) is 11.5 Å². The highest BCUT2D eigenvalue weighted by Crippen LogP contribution is 2.30. The van der Waals surface area contributed by atoms with Crippen molar-refractivity contribution in [2.75, 3.05) is 11.4 Å². The minimum atomic E-state index is -0.0492. The SMILES string of the molecule is Cc1cc(C(=O)N2CCCc3cc(Br)ccc32)nc(C)n1. The van der Waals surface area contributed by atoms with Gasteiger partial charge < -0.3 is 4.90 Å². The lowest BCUT2D eigenvalue weighted by Gasteiger charge is -2.29. The number of hydrogen-bond acceptors (Lipinski definition) is 3. The van der Waals surface area contributed by atoms with E-state index in [0.717, 1.165) is 35.2 Å². The molecule has 2 aromatic rings. The third-order valence-electron chi connectivity index (χ3n) is 3.59. The lowest BCUT2D eigenvalue weighted by Crippen LogP contribution is -2.36. The molecular formula is C16H16BrN3O. The summed E-state index contributed by atoms with van der Waals surface area (Å²) in [7, 11) is 0. The highest BCUT2D eigenvalue weighted by atomic mass is 79.9. The molecule has 0 saturated carbocycles. The Balaban J connectivity index is 2.00. The standard InChI is InChI=1S/C16H16BrN3O/c1-10-8-14(19-11(2)18-10)16(21)20-7-3-4-12-9-13(17)5-6-15(12)20/h5-6,8-9H,3-4,7H2,1-2H3. The van der Waals surface area contributed by atoms with Crippen molar-refractivity contribution in [2.45, 2.75) is 26.7 Å². The van der Waals surface area contributed by atoms with Crippen LogP contribution in [0.15, 0.2) is 28.7 Å². The molecule has 0 saturated heterocycles. The molecule has 0 N–H and O–H groups in total. The number of halogens is 1. The van der Waals surface area contributed by atoms with Crippen LogP contribution >= 0.6 is 15.9 Å². The zero-order valence-electron chi connectivity index (χ0n) is 12.1. The average Bonchev–Trinajstić information content (AvgIpc) is 2.44. The first-order valence-corrected chi connectivity index (χ1v) is 7.76. The molecular weight excluding hydrogens is 330 g/mol. The van der Waals surface area contributed by atoms with Gasteiger partial charge in [0.05, 0.1) is 0 Å². The number of fused-ring (bicyclic) bond motifs is 1. The highest BCUT2D eigenvalue weighted by Gasteiger charge is 2.24. The number of hydrogen-bond donors (Lipinski definition) is 0. The maximum atomic E-state index is 12.8. The van der Waals surface area contributed by atoms with Crippen LogP contribution in [-0.2, 0) is 6.42 Å². The van der Waals surface area contributed by atoms with E-state index >= 15 is 0 Å². The monoisotopic (exact) mass is 345 g/mol. The fourth-order valence-corrected chi connectivity index (χ4v) is 3.15. The maximum absolute atomic E-state index is 12.8. The first-order valence-electron chi connectivity index (χ1n) is 6.97. The summed E-state index contributed by atoms with van der Waals surface area (Å²) >= 11 is 3.49. The van der Waals surface area contributed by atoms with Crippen LogP contribution in [0.3, 0.4) is 0 Å². The molecule has 4 nitrogen and oxygen atoms in total. The van der Waals surface area contributed by atoms with Crippen LogP contribution in [0, 0.1) is 13.8 Å². The molecule has 1 amide bonds. The number of aromatic nitrogens is 2. The number of nitrogens with zero attached hydrogens (tertiary/aromatic N) is 3. The van der Waals surface area contributed by atoms with E-state index in [1.165, 1.54) is 5.56 Å². The fraction of sp³-hybridized carbons (Fsp3) is 0.312. The first-order chi connectivity index (χ1) is 10.0. The van der Waals surface area contributed by atoms with Crippen molar-refractivity contribution >= 4 is 27.5 Å². The van der Waals surface area contributed by atoms with Gasteiger partial charge in [0, 0.05) is 22.4 Å². The van der Waals surface area contributed by atoms with Gasteiger partial charge in [-0.05, 0) is 56.5 Å². The summed E-state index contributed by atoms with van der Waals surface area (Å²) in [6, 6.07) is 7.81. The molecule has 108 valence electrons. The molecule has 0 atom stereocenters. The number of carbonyl (C=O) groups is 1. The Morgan fingerprint density at radius 1 is 1.24 bits per heavy atom. The van der Waals surface area contributed by atoms with Gasteiger partial charge in [-0.3, -0.25) is 4.79 Å². The van der Waals surface area contributed by atoms with Crippen LogP contribution in [0.25, 0.3) is 0 Å². The van der Waals surface area contributed by atoms with E-state index in [-0.39, 0.29) is 5.91 Å². The molecule has 0 unspecified atom stereocenters. The predicted molar refractivity (Wildman–Crippen MR) is 85.6 cm³/mol. The highest BCUT2D eigenvalue weighted by molar-refractivity contribution is 9.10. The number of benzene rings is 1. The smallest absolute Gasteiger partial charge is 0.277 e. The molecule has 0 aliphatic carbocycles. The van der Waals surface area contributed by atoms with Crippen molar-refractivity contribution in [3.8, 4) is 0 Å². The van der Waals surface area contributed by atoms with Crippen LogP contribution in [-0.4, -0.2) is 22.4 Å². The molecule has 1 aliphatic heterocycles. The minimum Gasteiger partial charge on any atom is -0.307 e. The molecule has 1 aromatic heterocycles. The predicted octanol–water partition coefficient (Wildman–Crippen LogP) is 3.45. The number of aryl methyl sites for hydroxylation is 3. The Labute approximate surface area is 132 Å². The molecule has 3 rings (SSSR count). The average molecular weight is 346 g/mol. The first kappa shape index (κ1) is 14.2. The zero-order chi connectivity index (χ0) is 15.0. The van der Waals surface area contributed by atoms with Crippen molar-refractivity contribution in [2.24, 2.45) is 0 Å². The van der Waals surface area contributed by atoms with Crippen molar-refractivity contribution in [1.29, 1.82) is 0 Å². The van der Waals surface area contributed by atoms with E-state index in [9.17, 15) is 4.79 Å². The van der Waals surface area contributed by atoms with Crippen molar-refractivity contribution in [3.05, 3.63) is 51.5 Å². The number of amides is 1. The van der Waals surface area contributed by atoms with Crippen LogP contribution in [0.5, 0.6) is 0 Å². The van der Waals surface area contributed by atoms with Gasteiger partial charge in [0.2, 0.25) is 0 Å². The molecule has 5 heteroatoms. The lowest BCUT2D eigenvalue weighted by molar-refractivity contribution is 0.0980. The van der Waals surface area contributed by atoms with Gasteiger partial charge >= 0.3 is 0 Å². The van der Waals surface area contributed by atoms with Crippen LogP contribution < -0.4 is 4.90 Å². The summed E-state index contributed by atoms with van der Waals surface area (Å²) in [6.07, 6.45) is 1.97. The molecule has 1 aliphatic rings. The second kappa shape index (κ2) is 5.56. The van der Waals surface area contributed by atoms with E-state index in [1.807, 2.05) is 30.9 Å². The zero-order valence-corrected chi connectivity index (χ0v) is 13.6. The molecule has 21 heavy (non-hydrogen) atoms. The second-order valence-corrected chi connectivity index (χ2v) is 6.19. The van der Waals surface area contributed by atoms with Crippen LogP contribution in [0.2, 0.25) is 0 Å². The molecule has 0 spiro atoms. The molecule has 1 aromatic carbocycles. The van der Waals surface area contributed by atoms with Crippen molar-refractivity contribution in [3.63, 3.8) is 0 Å². The summed E-state index contributed by atoms with van der Waals surface area (Å²) in [5, 5.41) is 0. The number of rotatable bonds is 1. The van der Waals surface area contributed by atoms with Crippen LogP contribution in [0.1, 0.15) is 34.0 Å². The van der Waals surface area contributed by atoms with Gasteiger partial charge in [-0.2, -0.15) is 0 Å². The Morgan fingerprint density at radius 2 is 2.05 bits per heavy atom. The normalized spacial score (nSPS) is 14.0. The Morgan fingerprint density at radius 3 is 2.81 bits per heavy atom. The van der Waals surface area contributed by atoms with Crippen molar-refractivity contribution in [1.82, 2.24) is 9.97 Å². The third kappa shape index (κ3) is 2.83. The summed E-state index contributed by atoms with van der Waals surface area (Å²) in [4.78, 5) is 23.1. The summed E-state index contributed by atoms with van der Waals surface area (Å²) < 4.78 is 1.05. The summed E-state index contributed by atoms with van der Waals surface area (Å²) in [6.45, 7) is 4.42. The maximum Gasteiger partial charge on any atom is 0.277 e. The fourth-order valence-electron chi connectivity index (χ4n) is 2.74. The Bertz CT molecular complexity index is 694. The number of anilines is 1. The molecule has 0 radical (unpaired) electrons. The molecule has 2 heterocycles. The number of carbonyl (C=O) groups excluding carboxylic acids is 1. The summed E-state index contributed by atoms with van der Waals surface area (Å²) in [5.41, 5.74) is 3.48. The van der Waals surface area contributed by atoms with Gasteiger partial charge in [-0.1, -0.05) is 15.9 Å². The largest absolute Gasteiger partial charge is 0.307 e. The van der Waals surface area contributed by atoms with E-state index < -0.39 is 0 Å². The quantitative estimate of drug-likeness (QED) is 0.795. The van der Waals surface area contributed by atoms with Gasteiger partial charge in [-0.15, -0.1) is 0 Å². The third-order valence-corrected chi connectivity index (χ3v) is 4.08. The van der Waals surface area contributed by atoms with E-state index in [1.54, 1.807) is 6.07 Å². The summed E-state index contributed by atoms with van der Waals surface area (Å²) in [5.74, 6) is 0.582. The molecule has 0 fully saturated rings. The Kier molecular flexibility index (Phi) is 3.76. The van der Waals surface area contributed by atoms with E-state index in [2.05, 4.69) is 32.0 Å². The van der Waals surface area contributed by atoms with Crippen LogP contribution in [0.4, 0.5) is 5.69 Å². The van der Waals surface area contributed by atoms with Gasteiger partial charge in [0.15, 0.2) is 0 Å². The van der Waals surface area contributed by atoms with E-state index in [4.69, 9.17) is 0 Å². The van der Waals surface area contributed by atoms with Crippen molar-refractivity contribution < 1.29 is 4.79 Å². The second-order valence-electron chi connectivity index (χ2n) is 5.28. The topological polar surface area (TPSA) is 46.1 Å². The lowest BCUT2D eigenvalue weighted by atomic mass is 10.0. The Hall–Kier alpha value is -1.75. The van der Waals surface area contributed by atoms with E-state index in [0.29, 0.717) is 11.5 Å². The van der Waals surface area contributed by atoms with Gasteiger partial charge in [-0.25, -0.2) is 9.97 Å². The van der Waals surface area contributed by atoms with Gasteiger partial charge in [0.25, 0.3) is 5.91 Å². The minimum absolute atomic E-state index is 0.0492.